The molecule has 0 radical (unpaired) electrons. The van der Waals surface area contributed by atoms with Gasteiger partial charge in [-0.05, 0) is 42.5 Å². The van der Waals surface area contributed by atoms with Crippen molar-refractivity contribution in [2.75, 3.05) is 5.32 Å². The Morgan fingerprint density at radius 3 is 2.31 bits per heavy atom. The van der Waals surface area contributed by atoms with E-state index in [9.17, 15) is 17.6 Å². The van der Waals surface area contributed by atoms with E-state index in [-0.39, 0.29) is 23.9 Å². The first-order valence-corrected chi connectivity index (χ1v) is 11.7. The Kier molecular flexibility index (Phi) is 7.30. The Labute approximate surface area is 220 Å². The summed E-state index contributed by atoms with van der Waals surface area (Å²) >= 11 is 0. The summed E-state index contributed by atoms with van der Waals surface area (Å²) in [4.78, 5) is 16.8. The van der Waals surface area contributed by atoms with Crippen LogP contribution in [0.3, 0.4) is 0 Å². The van der Waals surface area contributed by atoms with Crippen LogP contribution < -0.4 is 5.32 Å². The molecule has 194 valence electrons. The maximum absolute atomic E-state index is 14.5. The quantitative estimate of drug-likeness (QED) is 0.172. The molecule has 0 spiro atoms. The second-order valence-corrected chi connectivity index (χ2v) is 8.28. The molecular formula is C28H19F4N7. The highest BCUT2D eigenvalue weighted by atomic mass is 19.4. The molecule has 0 saturated heterocycles. The molecule has 11 heteroatoms. The van der Waals surface area contributed by atoms with Crippen molar-refractivity contribution < 1.29 is 17.6 Å². The van der Waals surface area contributed by atoms with Crippen molar-refractivity contribution in [1.29, 1.82) is 0 Å². The van der Waals surface area contributed by atoms with Crippen LogP contribution in [0, 0.1) is 5.82 Å². The summed E-state index contributed by atoms with van der Waals surface area (Å²) in [6, 6.07) is 22.9. The zero-order valence-corrected chi connectivity index (χ0v) is 20.1. The first-order chi connectivity index (χ1) is 18.8. The molecule has 1 N–H and O–H groups in total. The zero-order chi connectivity index (χ0) is 27.2. The second kappa shape index (κ2) is 11.1. The van der Waals surface area contributed by atoms with E-state index in [1.165, 1.54) is 18.3 Å². The third-order valence-corrected chi connectivity index (χ3v) is 5.49. The van der Waals surface area contributed by atoms with Crippen LogP contribution in [0.1, 0.15) is 11.3 Å². The molecule has 39 heavy (non-hydrogen) atoms. The molecule has 0 aliphatic carbocycles. The summed E-state index contributed by atoms with van der Waals surface area (Å²) in [5.74, 6) is -0.682. The van der Waals surface area contributed by atoms with Gasteiger partial charge in [-0.25, -0.2) is 19.3 Å². The topological polar surface area (TPSA) is 88.3 Å². The molecule has 5 rings (SSSR count). The number of halogens is 4. The van der Waals surface area contributed by atoms with Crippen LogP contribution in [-0.2, 0) is 12.7 Å². The minimum Gasteiger partial charge on any atom is -0.354 e. The molecule has 0 bridgehead atoms. The first kappa shape index (κ1) is 25.6. The number of azo groups is 1. The van der Waals surface area contributed by atoms with Crippen molar-refractivity contribution in [3.8, 4) is 22.6 Å². The van der Waals surface area contributed by atoms with E-state index in [4.69, 9.17) is 0 Å². The lowest BCUT2D eigenvalue weighted by Gasteiger charge is -2.10. The smallest absolute Gasteiger partial charge is 0.354 e. The van der Waals surface area contributed by atoms with Crippen LogP contribution in [-0.4, -0.2) is 19.9 Å². The van der Waals surface area contributed by atoms with Crippen molar-refractivity contribution in [3.05, 3.63) is 114 Å². The SMILES string of the molecule is Fc1cnc(N=NCc2ccc(Nc3cccc(C(F)(F)F)c3)cn2)nc1-c1cccc(-c2ccccc2)n1. The molecule has 3 aromatic heterocycles. The molecule has 7 nitrogen and oxygen atoms in total. The number of hydrogen-bond acceptors (Lipinski definition) is 7. The van der Waals surface area contributed by atoms with Crippen LogP contribution in [0.25, 0.3) is 22.6 Å². The van der Waals surface area contributed by atoms with Gasteiger partial charge in [0.25, 0.3) is 5.95 Å². The van der Waals surface area contributed by atoms with Gasteiger partial charge in [0.05, 0.1) is 40.7 Å². The fourth-order valence-electron chi connectivity index (χ4n) is 3.62. The lowest BCUT2D eigenvalue weighted by atomic mass is 10.1. The van der Waals surface area contributed by atoms with Gasteiger partial charge in [0.15, 0.2) is 5.82 Å². The average Bonchev–Trinajstić information content (AvgIpc) is 2.95. The highest BCUT2D eigenvalue weighted by Gasteiger charge is 2.30. The monoisotopic (exact) mass is 529 g/mol. The average molecular weight is 530 g/mol. The number of hydrogen-bond donors (Lipinski definition) is 1. The third kappa shape index (κ3) is 6.45. The summed E-state index contributed by atoms with van der Waals surface area (Å²) in [5.41, 5.74) is 2.48. The molecular weight excluding hydrogens is 510 g/mol. The van der Waals surface area contributed by atoms with Gasteiger partial charge < -0.3 is 5.32 Å². The Morgan fingerprint density at radius 1 is 0.744 bits per heavy atom. The molecule has 2 aromatic carbocycles. The second-order valence-electron chi connectivity index (χ2n) is 8.28. The summed E-state index contributed by atoms with van der Waals surface area (Å²) in [7, 11) is 0. The Bertz CT molecular complexity index is 1610. The van der Waals surface area contributed by atoms with Crippen molar-refractivity contribution in [1.82, 2.24) is 19.9 Å². The number of alkyl halides is 3. The third-order valence-electron chi connectivity index (χ3n) is 5.49. The molecule has 0 aliphatic rings. The number of pyridine rings is 2. The zero-order valence-electron chi connectivity index (χ0n) is 20.1. The predicted octanol–water partition coefficient (Wildman–Crippen LogP) is 7.79. The van der Waals surface area contributed by atoms with Gasteiger partial charge in [-0.3, -0.25) is 4.98 Å². The number of benzene rings is 2. The van der Waals surface area contributed by atoms with Gasteiger partial charge in [-0.1, -0.05) is 42.5 Å². The summed E-state index contributed by atoms with van der Waals surface area (Å²) in [6.45, 7) is 0.0850. The molecule has 0 aliphatic heterocycles. The fraction of sp³-hybridized carbons (Fsp3) is 0.0714. The van der Waals surface area contributed by atoms with Gasteiger partial charge in [-0.15, -0.1) is 5.11 Å². The van der Waals surface area contributed by atoms with Crippen LogP contribution >= 0.6 is 0 Å². The van der Waals surface area contributed by atoms with E-state index < -0.39 is 17.6 Å². The fourth-order valence-corrected chi connectivity index (χ4v) is 3.62. The van der Waals surface area contributed by atoms with Crippen LogP contribution in [0.2, 0.25) is 0 Å². The number of rotatable bonds is 7. The van der Waals surface area contributed by atoms with Gasteiger partial charge in [0.2, 0.25) is 0 Å². The highest BCUT2D eigenvalue weighted by Crippen LogP contribution is 2.31. The molecule has 0 saturated carbocycles. The highest BCUT2D eigenvalue weighted by molar-refractivity contribution is 5.64. The lowest BCUT2D eigenvalue weighted by Crippen LogP contribution is -2.05. The maximum Gasteiger partial charge on any atom is 0.416 e. The summed E-state index contributed by atoms with van der Waals surface area (Å²) in [5, 5.41) is 10.9. The maximum atomic E-state index is 14.5. The summed E-state index contributed by atoms with van der Waals surface area (Å²) in [6.07, 6.45) is -1.94. The number of aromatic nitrogens is 4. The Morgan fingerprint density at radius 2 is 1.54 bits per heavy atom. The summed E-state index contributed by atoms with van der Waals surface area (Å²) < 4.78 is 53.3. The standard InChI is InChI=1S/C28H19F4N7/c29-23-17-34-27(38-26(23)25-11-5-10-24(37-25)18-6-2-1-3-7-18)39-35-16-21-12-13-22(15-33-21)36-20-9-4-8-19(14-20)28(30,31)32/h1-15,17,36H,16H2. The van der Waals surface area contributed by atoms with Crippen LogP contribution in [0.5, 0.6) is 0 Å². The van der Waals surface area contributed by atoms with Gasteiger partial charge in [0.1, 0.15) is 12.2 Å². The first-order valence-electron chi connectivity index (χ1n) is 11.7. The van der Waals surface area contributed by atoms with E-state index in [1.54, 1.807) is 24.3 Å². The van der Waals surface area contributed by atoms with Crippen LogP contribution in [0.4, 0.5) is 34.9 Å². The molecule has 0 atom stereocenters. The largest absolute Gasteiger partial charge is 0.416 e. The van der Waals surface area contributed by atoms with Crippen LogP contribution in [0.15, 0.2) is 108 Å². The Hall–Kier alpha value is -5.06. The van der Waals surface area contributed by atoms with Crippen molar-refractivity contribution in [3.63, 3.8) is 0 Å². The van der Waals surface area contributed by atoms with Gasteiger partial charge >= 0.3 is 6.18 Å². The van der Waals surface area contributed by atoms with Crippen molar-refractivity contribution in [2.45, 2.75) is 12.7 Å². The Balaban J connectivity index is 1.26. The molecule has 3 heterocycles. The van der Waals surface area contributed by atoms with E-state index in [0.29, 0.717) is 22.8 Å². The molecule has 0 unspecified atom stereocenters. The molecule has 0 amide bonds. The number of anilines is 2. The lowest BCUT2D eigenvalue weighted by molar-refractivity contribution is -0.137. The van der Waals surface area contributed by atoms with Crippen molar-refractivity contribution >= 4 is 17.3 Å². The number of nitrogens with zero attached hydrogens (tertiary/aromatic N) is 6. The van der Waals surface area contributed by atoms with E-state index >= 15 is 0 Å². The van der Waals surface area contributed by atoms with Gasteiger partial charge in [-0.2, -0.15) is 18.3 Å². The van der Waals surface area contributed by atoms with E-state index in [1.807, 2.05) is 36.4 Å². The normalized spacial score (nSPS) is 11.6. The minimum absolute atomic E-state index is 0.000115. The van der Waals surface area contributed by atoms with Crippen molar-refractivity contribution in [2.24, 2.45) is 10.2 Å². The molecule has 0 fully saturated rings. The van der Waals surface area contributed by atoms with E-state index in [0.717, 1.165) is 23.9 Å². The minimum atomic E-state index is -4.43. The predicted molar refractivity (Wildman–Crippen MR) is 138 cm³/mol. The van der Waals surface area contributed by atoms with Gasteiger partial charge in [0, 0.05) is 11.3 Å². The molecule has 5 aromatic rings. The van der Waals surface area contributed by atoms with E-state index in [2.05, 4.69) is 35.5 Å². The number of nitrogens with one attached hydrogen (secondary N) is 1.